The molecule has 0 bridgehead atoms. The Morgan fingerprint density at radius 1 is 0.633 bits per heavy atom. The van der Waals surface area contributed by atoms with E-state index < -0.39 is 12.1 Å². The average Bonchev–Trinajstić information content (AvgIpc) is 3.07. The van der Waals surface area contributed by atoms with Gasteiger partial charge in [0.25, 0.3) is 0 Å². The smallest absolute Gasteiger partial charge is 0.465 e. The van der Waals surface area contributed by atoms with E-state index in [-0.39, 0.29) is 43.8 Å². The van der Waals surface area contributed by atoms with Gasteiger partial charge in [-0.15, -0.1) is 0 Å². The van der Waals surface area contributed by atoms with Gasteiger partial charge in [-0.1, -0.05) is 111 Å². The molecule has 8 nitrogen and oxygen atoms in total. The first-order chi connectivity index (χ1) is 23.6. The van der Waals surface area contributed by atoms with Crippen molar-refractivity contribution in [3.8, 4) is 0 Å². The van der Waals surface area contributed by atoms with Crippen LogP contribution < -0.4 is 0 Å². The van der Waals surface area contributed by atoms with Crippen LogP contribution in [-0.2, 0) is 28.5 Å². The number of rotatable bonds is 31. The van der Waals surface area contributed by atoms with Crippen molar-refractivity contribution in [2.75, 3.05) is 46.1 Å². The third kappa shape index (κ3) is 29.1. The van der Waals surface area contributed by atoms with Gasteiger partial charge in [-0.05, 0) is 82.2 Å². The molecule has 286 valence electrons. The first-order valence-electron chi connectivity index (χ1n) is 19.7. The molecule has 0 aromatic carbocycles. The van der Waals surface area contributed by atoms with Crippen LogP contribution in [0.15, 0.2) is 24.3 Å². The lowest BCUT2D eigenvalue weighted by atomic mass is 9.76. The van der Waals surface area contributed by atoms with E-state index in [0.717, 1.165) is 90.3 Å². The molecule has 0 saturated heterocycles. The van der Waals surface area contributed by atoms with Crippen LogP contribution in [0.3, 0.4) is 0 Å². The van der Waals surface area contributed by atoms with Crippen LogP contribution in [-0.4, -0.2) is 69.1 Å². The lowest BCUT2D eigenvalue weighted by Crippen LogP contribution is -2.27. The highest BCUT2D eigenvalue weighted by molar-refractivity contribution is 5.69. The zero-order valence-corrected chi connectivity index (χ0v) is 32.7. The summed E-state index contributed by atoms with van der Waals surface area (Å²) in [5, 5.41) is 0. The summed E-state index contributed by atoms with van der Waals surface area (Å²) in [4.78, 5) is 39.5. The van der Waals surface area contributed by atoms with Crippen LogP contribution in [0.4, 0.5) is 4.79 Å². The normalized spacial score (nSPS) is 13.2. The van der Waals surface area contributed by atoms with E-state index in [9.17, 15) is 14.4 Å². The second kappa shape index (κ2) is 31.6. The van der Waals surface area contributed by atoms with E-state index in [1.807, 2.05) is 0 Å². The first-order valence-corrected chi connectivity index (χ1v) is 19.7. The molecule has 0 aromatic rings. The standard InChI is InChI=1S/C41H75NO7/c1-8-12-13-14-15-16-17-18-19-20-21-22-23-24-25-29-38(43)47-33-36(35-49-40(45)46-32-27-31-42(10-3)11-4)34-48-39(44)30-26-28-37(9-2)41(5,6)7/h15-16,18-19,36-37H,8-14,17,20-35H2,1-7H3/b16-15-,19-18-. The average molecular weight is 694 g/mol. The Kier molecular flexibility index (Phi) is 30.1. The summed E-state index contributed by atoms with van der Waals surface area (Å²) in [6.07, 6.45) is 24.8. The highest BCUT2D eigenvalue weighted by Crippen LogP contribution is 2.32. The van der Waals surface area contributed by atoms with E-state index in [0.29, 0.717) is 18.8 Å². The van der Waals surface area contributed by atoms with Gasteiger partial charge in [0.15, 0.2) is 0 Å². The van der Waals surface area contributed by atoms with E-state index in [4.69, 9.17) is 18.9 Å². The fraction of sp³-hybridized carbons (Fsp3) is 0.829. The van der Waals surface area contributed by atoms with Gasteiger partial charge in [0.05, 0.1) is 12.5 Å². The maximum atomic E-state index is 12.5. The lowest BCUT2D eigenvalue weighted by molar-refractivity contribution is -0.150. The van der Waals surface area contributed by atoms with Crippen LogP contribution in [0.2, 0.25) is 0 Å². The molecular formula is C41H75NO7. The minimum Gasteiger partial charge on any atom is -0.465 e. The molecule has 0 heterocycles. The van der Waals surface area contributed by atoms with Crippen LogP contribution >= 0.6 is 0 Å². The maximum Gasteiger partial charge on any atom is 0.508 e. The Morgan fingerprint density at radius 3 is 1.76 bits per heavy atom. The zero-order valence-electron chi connectivity index (χ0n) is 32.7. The molecular weight excluding hydrogens is 618 g/mol. The minimum absolute atomic E-state index is 0.0154. The number of carbonyl (C=O) groups excluding carboxylic acids is 3. The molecule has 0 aliphatic heterocycles. The molecule has 0 saturated carbocycles. The van der Waals surface area contributed by atoms with Gasteiger partial charge in [0.1, 0.15) is 19.8 Å². The highest BCUT2D eigenvalue weighted by atomic mass is 16.7. The molecule has 0 amide bonds. The van der Waals surface area contributed by atoms with Crippen molar-refractivity contribution in [1.82, 2.24) is 4.90 Å². The Morgan fingerprint density at radius 2 is 1.18 bits per heavy atom. The summed E-state index contributed by atoms with van der Waals surface area (Å²) in [6.45, 7) is 18.3. The number of hydrogen-bond acceptors (Lipinski definition) is 8. The number of esters is 2. The van der Waals surface area contributed by atoms with Crippen LogP contribution in [0.25, 0.3) is 0 Å². The van der Waals surface area contributed by atoms with Gasteiger partial charge < -0.3 is 23.8 Å². The fourth-order valence-corrected chi connectivity index (χ4v) is 5.74. The summed E-state index contributed by atoms with van der Waals surface area (Å²) in [5.74, 6) is -0.491. The number of nitrogens with zero attached hydrogens (tertiary/aromatic N) is 1. The quantitative estimate of drug-likeness (QED) is 0.0307. The Bertz CT molecular complexity index is 876. The second-order valence-corrected chi connectivity index (χ2v) is 14.4. The molecule has 2 atom stereocenters. The van der Waals surface area contributed by atoms with Gasteiger partial charge in [-0.3, -0.25) is 9.59 Å². The van der Waals surface area contributed by atoms with E-state index in [1.54, 1.807) is 0 Å². The van der Waals surface area contributed by atoms with Gasteiger partial charge in [-0.25, -0.2) is 4.79 Å². The second-order valence-electron chi connectivity index (χ2n) is 14.4. The van der Waals surface area contributed by atoms with Crippen LogP contribution in [0.5, 0.6) is 0 Å². The van der Waals surface area contributed by atoms with Crippen molar-refractivity contribution in [3.05, 3.63) is 24.3 Å². The van der Waals surface area contributed by atoms with Crippen molar-refractivity contribution in [3.63, 3.8) is 0 Å². The number of unbranched alkanes of at least 4 members (excludes halogenated alkanes) is 8. The van der Waals surface area contributed by atoms with E-state index >= 15 is 0 Å². The first kappa shape index (κ1) is 46.6. The van der Waals surface area contributed by atoms with Crippen molar-refractivity contribution in [2.24, 2.45) is 17.3 Å². The molecule has 0 N–H and O–H groups in total. The van der Waals surface area contributed by atoms with Crippen molar-refractivity contribution in [2.45, 2.75) is 158 Å². The van der Waals surface area contributed by atoms with Gasteiger partial charge >= 0.3 is 18.1 Å². The molecule has 2 unspecified atom stereocenters. The monoisotopic (exact) mass is 694 g/mol. The van der Waals surface area contributed by atoms with Crippen molar-refractivity contribution in [1.29, 1.82) is 0 Å². The largest absolute Gasteiger partial charge is 0.508 e. The molecule has 0 aliphatic rings. The molecule has 0 aromatic heterocycles. The summed E-state index contributed by atoms with van der Waals surface area (Å²) >= 11 is 0. The van der Waals surface area contributed by atoms with Gasteiger partial charge in [0, 0.05) is 19.4 Å². The Balaban J connectivity index is 4.49. The minimum atomic E-state index is -0.764. The van der Waals surface area contributed by atoms with Crippen LogP contribution in [0.1, 0.15) is 158 Å². The third-order valence-corrected chi connectivity index (χ3v) is 9.11. The number of allylic oxidation sites excluding steroid dienone is 4. The number of ether oxygens (including phenoxy) is 4. The molecule has 0 spiro atoms. The van der Waals surface area contributed by atoms with Crippen molar-refractivity contribution >= 4 is 18.1 Å². The topological polar surface area (TPSA) is 91.4 Å². The highest BCUT2D eigenvalue weighted by Gasteiger charge is 2.23. The lowest BCUT2D eigenvalue weighted by Gasteiger charge is -2.29. The summed E-state index contributed by atoms with van der Waals surface area (Å²) in [7, 11) is 0. The number of carbonyl (C=O) groups is 3. The molecule has 0 rings (SSSR count). The summed E-state index contributed by atoms with van der Waals surface area (Å²) in [5.41, 5.74) is 0.202. The zero-order chi connectivity index (χ0) is 36.6. The Labute approximate surface area is 301 Å². The predicted octanol–water partition coefficient (Wildman–Crippen LogP) is 10.6. The van der Waals surface area contributed by atoms with Crippen molar-refractivity contribution < 1.29 is 33.3 Å². The van der Waals surface area contributed by atoms with Gasteiger partial charge in [-0.2, -0.15) is 0 Å². The maximum absolute atomic E-state index is 12.5. The SMILES string of the molecule is CCCCC/C=C\C/C=C\CCCCCCCC(=O)OCC(COC(=O)CCCC(CC)C(C)(C)C)COC(=O)OCCCN(CC)CC. The molecule has 0 fully saturated rings. The molecule has 0 radical (unpaired) electrons. The summed E-state index contributed by atoms with van der Waals surface area (Å²) in [6, 6.07) is 0. The third-order valence-electron chi connectivity index (χ3n) is 9.11. The Hall–Kier alpha value is -2.35. The fourth-order valence-electron chi connectivity index (χ4n) is 5.74. The molecule has 0 aliphatic carbocycles. The summed E-state index contributed by atoms with van der Waals surface area (Å²) < 4.78 is 21.6. The number of hydrogen-bond donors (Lipinski definition) is 0. The molecule has 49 heavy (non-hydrogen) atoms. The molecule has 8 heteroatoms. The predicted molar refractivity (Wildman–Crippen MR) is 202 cm³/mol. The van der Waals surface area contributed by atoms with Gasteiger partial charge in [0.2, 0.25) is 0 Å². The van der Waals surface area contributed by atoms with Crippen LogP contribution in [0, 0.1) is 17.3 Å². The van der Waals surface area contributed by atoms with E-state index in [1.165, 1.54) is 25.7 Å². The van der Waals surface area contributed by atoms with E-state index in [2.05, 4.69) is 77.7 Å².